The summed E-state index contributed by atoms with van der Waals surface area (Å²) in [7, 11) is 0. The Hall–Kier alpha value is -3.39. The third-order valence-corrected chi connectivity index (χ3v) is 6.18. The van der Waals surface area contributed by atoms with E-state index >= 15 is 0 Å². The molecule has 36 heavy (non-hydrogen) atoms. The summed E-state index contributed by atoms with van der Waals surface area (Å²) in [4.78, 5) is 20.0. The Morgan fingerprint density at radius 2 is 1.83 bits per heavy atom. The van der Waals surface area contributed by atoms with Gasteiger partial charge in [0.15, 0.2) is 0 Å². The molecule has 1 heterocycles. The smallest absolute Gasteiger partial charge is 0.437 e. The van der Waals surface area contributed by atoms with Crippen molar-refractivity contribution in [2.24, 2.45) is 4.99 Å². The number of hydrogen-bond acceptors (Lipinski definition) is 3. The average Bonchev–Trinajstić information content (AvgIpc) is 3.14. The number of benzene rings is 3. The lowest BCUT2D eigenvalue weighted by atomic mass is 10.0. The fraction of sp³-hybridized carbons (Fsp3) is 0.286. The molecule has 4 rings (SSSR count). The molecular weight excluding hydrogens is 525 g/mol. The molecule has 0 aliphatic heterocycles. The van der Waals surface area contributed by atoms with Crippen molar-refractivity contribution in [3.05, 3.63) is 93.8 Å². The zero-order valence-electron chi connectivity index (χ0n) is 20.6. The highest BCUT2D eigenvalue weighted by atomic mass is 79.9. The minimum atomic E-state index is -0.654. The lowest BCUT2D eigenvalue weighted by Crippen LogP contribution is -2.26. The second-order valence-electron chi connectivity index (χ2n) is 9.47. The maximum atomic E-state index is 13.1. The number of fused-ring (bicyclic) bond motifs is 1. The van der Waals surface area contributed by atoms with Crippen molar-refractivity contribution in [1.29, 1.82) is 0 Å². The standard InChI is InChI=1S/C28H29BrFN3O3/c1-28(2,3)36-27(34)32-26-31-24-18-19(17-20-7-4-5-8-23(20)29)9-14-25(24)33(26)15-6-16-35-22-12-10-21(30)11-13-22/h4-5,7-14,18H,6,15-17H2,1-3H3,(H,31,32,34). The van der Waals surface area contributed by atoms with Crippen LogP contribution in [0.1, 0.15) is 38.3 Å². The number of carbonyl (C=O) groups is 1. The van der Waals surface area contributed by atoms with Crippen molar-refractivity contribution in [1.82, 2.24) is 9.55 Å². The number of nitrogens with zero attached hydrogens (tertiary/aromatic N) is 2. The van der Waals surface area contributed by atoms with Crippen LogP contribution in [0.25, 0.3) is 11.0 Å². The molecule has 188 valence electrons. The predicted molar refractivity (Wildman–Crippen MR) is 142 cm³/mol. The first kappa shape index (κ1) is 25.7. The van der Waals surface area contributed by atoms with Gasteiger partial charge < -0.3 is 19.0 Å². The normalized spacial score (nSPS) is 12.2. The monoisotopic (exact) mass is 553 g/mol. The molecular formula is C28H29BrFN3O3. The molecule has 0 bridgehead atoms. The first-order chi connectivity index (χ1) is 17.2. The molecule has 4 aromatic rings. The van der Waals surface area contributed by atoms with Crippen LogP contribution >= 0.6 is 15.9 Å². The SMILES string of the molecule is CC(C)(C)OC(=O)N=c1[nH]c2cc(Cc3ccccc3Br)ccc2n1CCCOc1ccc(F)cc1. The molecule has 1 N–H and O–H groups in total. The first-order valence-electron chi connectivity index (χ1n) is 11.8. The first-order valence-corrected chi connectivity index (χ1v) is 12.6. The molecule has 0 spiro atoms. The topological polar surface area (TPSA) is 68.6 Å². The fourth-order valence-corrected chi connectivity index (χ4v) is 4.25. The van der Waals surface area contributed by atoms with Crippen LogP contribution in [0.15, 0.2) is 76.2 Å². The van der Waals surface area contributed by atoms with Crippen LogP contribution in [0.5, 0.6) is 5.75 Å². The Kier molecular flexibility index (Phi) is 7.94. The van der Waals surface area contributed by atoms with Crippen LogP contribution in [0.2, 0.25) is 0 Å². The van der Waals surface area contributed by atoms with E-state index in [2.05, 4.69) is 44.1 Å². The Bertz CT molecular complexity index is 1420. The van der Waals surface area contributed by atoms with Gasteiger partial charge in [-0.1, -0.05) is 40.2 Å². The van der Waals surface area contributed by atoms with Gasteiger partial charge in [-0.05, 0) is 87.2 Å². The summed E-state index contributed by atoms with van der Waals surface area (Å²) in [6.07, 6.45) is 0.768. The molecule has 6 nitrogen and oxygen atoms in total. The van der Waals surface area contributed by atoms with Crippen LogP contribution < -0.4 is 10.4 Å². The molecule has 0 aliphatic rings. The van der Waals surface area contributed by atoms with Gasteiger partial charge >= 0.3 is 6.09 Å². The molecule has 8 heteroatoms. The number of ether oxygens (including phenoxy) is 2. The molecule has 0 aliphatic carbocycles. The maximum absolute atomic E-state index is 13.1. The molecule has 0 atom stereocenters. The third kappa shape index (κ3) is 6.85. The lowest BCUT2D eigenvalue weighted by Gasteiger charge is -2.17. The second kappa shape index (κ2) is 11.1. The van der Waals surface area contributed by atoms with Gasteiger partial charge in [0.2, 0.25) is 5.62 Å². The van der Waals surface area contributed by atoms with Gasteiger partial charge in [0.25, 0.3) is 0 Å². The Morgan fingerprint density at radius 1 is 1.08 bits per heavy atom. The van der Waals surface area contributed by atoms with Gasteiger partial charge in [-0.3, -0.25) is 0 Å². The lowest BCUT2D eigenvalue weighted by molar-refractivity contribution is 0.0594. The number of aromatic nitrogens is 2. The highest BCUT2D eigenvalue weighted by molar-refractivity contribution is 9.10. The number of aromatic amines is 1. The van der Waals surface area contributed by atoms with Gasteiger partial charge in [0.05, 0.1) is 17.6 Å². The molecule has 0 radical (unpaired) electrons. The molecule has 0 unspecified atom stereocenters. The second-order valence-corrected chi connectivity index (χ2v) is 10.3. The van der Waals surface area contributed by atoms with Crippen molar-refractivity contribution in [2.45, 2.75) is 45.8 Å². The van der Waals surface area contributed by atoms with Crippen LogP contribution in [-0.2, 0) is 17.7 Å². The molecule has 0 saturated carbocycles. The van der Waals surface area contributed by atoms with Crippen LogP contribution in [0.4, 0.5) is 9.18 Å². The summed E-state index contributed by atoms with van der Waals surface area (Å²) < 4.78 is 27.3. The third-order valence-electron chi connectivity index (χ3n) is 5.41. The van der Waals surface area contributed by atoms with Gasteiger partial charge in [0, 0.05) is 11.0 Å². The molecule has 0 saturated heterocycles. The van der Waals surface area contributed by atoms with E-state index in [1.807, 2.05) is 28.8 Å². The van der Waals surface area contributed by atoms with Crippen LogP contribution in [-0.4, -0.2) is 27.9 Å². The Morgan fingerprint density at radius 3 is 2.56 bits per heavy atom. The summed E-state index contributed by atoms with van der Waals surface area (Å²) in [6.45, 7) is 6.41. The summed E-state index contributed by atoms with van der Waals surface area (Å²) in [5, 5.41) is 0. The number of rotatable bonds is 7. The molecule has 1 amide bonds. The number of halogens is 2. The van der Waals surface area contributed by atoms with Crippen molar-refractivity contribution in [3.63, 3.8) is 0 Å². The van der Waals surface area contributed by atoms with E-state index in [-0.39, 0.29) is 5.82 Å². The van der Waals surface area contributed by atoms with E-state index in [0.717, 1.165) is 27.5 Å². The van der Waals surface area contributed by atoms with E-state index in [1.165, 1.54) is 17.7 Å². The van der Waals surface area contributed by atoms with Gasteiger partial charge in [-0.15, -0.1) is 4.99 Å². The van der Waals surface area contributed by atoms with E-state index in [0.29, 0.717) is 30.9 Å². The zero-order valence-corrected chi connectivity index (χ0v) is 22.1. The molecule has 0 fully saturated rings. The summed E-state index contributed by atoms with van der Waals surface area (Å²) in [6, 6.07) is 20.3. The van der Waals surface area contributed by atoms with Crippen molar-refractivity contribution < 1.29 is 18.7 Å². The number of carbonyl (C=O) groups excluding carboxylic acids is 1. The van der Waals surface area contributed by atoms with E-state index in [4.69, 9.17) is 9.47 Å². The summed E-state index contributed by atoms with van der Waals surface area (Å²) >= 11 is 3.62. The van der Waals surface area contributed by atoms with Crippen molar-refractivity contribution >= 4 is 33.1 Å². The minimum Gasteiger partial charge on any atom is -0.494 e. The van der Waals surface area contributed by atoms with E-state index in [9.17, 15) is 9.18 Å². The van der Waals surface area contributed by atoms with Gasteiger partial charge in [-0.2, -0.15) is 0 Å². The molecule has 3 aromatic carbocycles. The van der Waals surface area contributed by atoms with E-state index < -0.39 is 11.7 Å². The summed E-state index contributed by atoms with van der Waals surface area (Å²) in [5.41, 5.74) is 3.89. The van der Waals surface area contributed by atoms with Gasteiger partial charge in [-0.25, -0.2) is 9.18 Å². The number of nitrogens with one attached hydrogen (secondary N) is 1. The Labute approximate surface area is 217 Å². The Balaban J connectivity index is 1.59. The number of H-pyrrole nitrogens is 1. The predicted octanol–water partition coefficient (Wildman–Crippen LogP) is 6.77. The highest BCUT2D eigenvalue weighted by Gasteiger charge is 2.16. The number of aryl methyl sites for hydroxylation is 1. The van der Waals surface area contributed by atoms with Crippen molar-refractivity contribution in [3.8, 4) is 5.75 Å². The van der Waals surface area contributed by atoms with Crippen molar-refractivity contribution in [2.75, 3.05) is 6.61 Å². The minimum absolute atomic E-state index is 0.302. The average molecular weight is 554 g/mol. The van der Waals surface area contributed by atoms with E-state index in [1.54, 1.807) is 32.9 Å². The summed E-state index contributed by atoms with van der Waals surface area (Å²) in [5.74, 6) is 0.305. The van der Waals surface area contributed by atoms with Gasteiger partial charge in [0.1, 0.15) is 17.2 Å². The zero-order chi connectivity index (χ0) is 25.7. The van der Waals surface area contributed by atoms with Crippen LogP contribution in [0.3, 0.4) is 0 Å². The number of imidazole rings is 1. The molecule has 1 aromatic heterocycles. The van der Waals surface area contributed by atoms with Crippen LogP contribution in [0, 0.1) is 5.82 Å². The largest absolute Gasteiger partial charge is 0.494 e. The maximum Gasteiger partial charge on any atom is 0.437 e. The highest BCUT2D eigenvalue weighted by Crippen LogP contribution is 2.22. The quantitative estimate of drug-likeness (QED) is 0.257. The fourth-order valence-electron chi connectivity index (χ4n) is 3.82. The number of hydrogen-bond donors (Lipinski definition) is 1. The number of amides is 1.